The van der Waals surface area contributed by atoms with E-state index < -0.39 is 12.2 Å². The quantitative estimate of drug-likeness (QED) is 0.527. The molecule has 1 aliphatic rings. The highest BCUT2D eigenvalue weighted by Gasteiger charge is 2.21. The molecule has 2 rings (SSSR count). The Labute approximate surface area is 91.5 Å². The van der Waals surface area contributed by atoms with Crippen molar-refractivity contribution in [2.75, 3.05) is 0 Å². The van der Waals surface area contributed by atoms with Crippen molar-refractivity contribution in [3.8, 4) is 0 Å². The van der Waals surface area contributed by atoms with Crippen LogP contribution in [0, 0.1) is 0 Å². The number of carbonyl (C=O) groups is 2. The molecule has 0 saturated heterocycles. The maximum absolute atomic E-state index is 11.4. The summed E-state index contributed by atoms with van der Waals surface area (Å²) >= 11 is 0. The number of nitrogens with two attached hydrogens (primary N) is 1. The maximum Gasteiger partial charge on any atom is 0.453 e. The van der Waals surface area contributed by atoms with E-state index in [4.69, 9.17) is 0 Å². The number of primary amides is 1. The maximum atomic E-state index is 11.4. The molecule has 16 heavy (non-hydrogen) atoms. The highest BCUT2D eigenvalue weighted by Crippen LogP contribution is 2.18. The van der Waals surface area contributed by atoms with Gasteiger partial charge in [-0.3, -0.25) is 4.90 Å². The van der Waals surface area contributed by atoms with Gasteiger partial charge in [0.15, 0.2) is 0 Å². The number of amides is 2. The summed E-state index contributed by atoms with van der Waals surface area (Å²) in [5, 5.41) is 0. The van der Waals surface area contributed by atoms with E-state index >= 15 is 0 Å². The number of rotatable bonds is 0. The van der Waals surface area contributed by atoms with Gasteiger partial charge in [-0.2, -0.15) is 0 Å². The largest absolute Gasteiger partial charge is 0.453 e. The molecular weight excluding hydrogens is 212 g/mol. The van der Waals surface area contributed by atoms with Crippen LogP contribution in [-0.2, 0) is 22.9 Å². The van der Waals surface area contributed by atoms with E-state index in [9.17, 15) is 9.59 Å². The van der Waals surface area contributed by atoms with Crippen molar-refractivity contribution in [2.24, 2.45) is 5.73 Å². The molecule has 1 aromatic rings. The van der Waals surface area contributed by atoms with Crippen LogP contribution in [0.25, 0.3) is 0 Å². The lowest BCUT2D eigenvalue weighted by atomic mass is 10.1. The molecule has 6 heteroatoms. The van der Waals surface area contributed by atoms with Gasteiger partial charge in [0.1, 0.15) is 0 Å². The molecule has 0 fully saturated rings. The third-order valence-corrected chi connectivity index (χ3v) is 2.19. The van der Waals surface area contributed by atoms with Gasteiger partial charge in [0, 0.05) is 13.1 Å². The van der Waals surface area contributed by atoms with E-state index in [1.807, 2.05) is 24.3 Å². The second-order valence-corrected chi connectivity index (χ2v) is 3.43. The van der Waals surface area contributed by atoms with Gasteiger partial charge in [0.05, 0.1) is 0 Å². The van der Waals surface area contributed by atoms with Gasteiger partial charge in [-0.15, -0.1) is 0 Å². The topological polar surface area (TPSA) is 81.9 Å². The average molecular weight is 222 g/mol. The Bertz CT molecular complexity index is 411. The van der Waals surface area contributed by atoms with Crippen molar-refractivity contribution >= 4 is 12.2 Å². The first-order valence-electron chi connectivity index (χ1n) is 4.66. The molecule has 2 bridgehead atoms. The summed E-state index contributed by atoms with van der Waals surface area (Å²) in [6.45, 7) is 0.851. The minimum Gasteiger partial charge on any atom is -0.332 e. The van der Waals surface area contributed by atoms with Crippen molar-refractivity contribution < 1.29 is 19.4 Å². The van der Waals surface area contributed by atoms with E-state index in [0.29, 0.717) is 13.1 Å². The van der Waals surface area contributed by atoms with Crippen LogP contribution in [0.3, 0.4) is 0 Å². The predicted molar refractivity (Wildman–Crippen MR) is 52.8 cm³/mol. The van der Waals surface area contributed by atoms with E-state index in [1.165, 1.54) is 4.90 Å². The SMILES string of the molecule is NC(=O)OOC(=O)N1Cc2cccc(c2)C1. The normalized spacial score (nSPS) is 13.1. The fourth-order valence-electron chi connectivity index (χ4n) is 1.58. The first-order chi connectivity index (χ1) is 7.65. The molecule has 1 aliphatic heterocycles. The molecule has 0 saturated carbocycles. The first kappa shape index (κ1) is 10.3. The zero-order chi connectivity index (χ0) is 11.5. The zero-order valence-electron chi connectivity index (χ0n) is 8.38. The number of hydrogen-bond donors (Lipinski definition) is 1. The molecule has 0 atom stereocenters. The standard InChI is InChI=1S/C10H10N2O4/c11-9(13)15-16-10(14)12-5-7-2-1-3-8(4-7)6-12/h1-4H,5-6H2,(H2,11,13). The Morgan fingerprint density at radius 3 is 2.38 bits per heavy atom. The second kappa shape index (κ2) is 4.09. The van der Waals surface area contributed by atoms with E-state index in [0.717, 1.165) is 11.1 Å². The summed E-state index contributed by atoms with van der Waals surface area (Å²) in [4.78, 5) is 31.3. The van der Waals surface area contributed by atoms with Crippen LogP contribution in [0.4, 0.5) is 9.59 Å². The Hall–Kier alpha value is -2.24. The fourth-order valence-corrected chi connectivity index (χ4v) is 1.58. The van der Waals surface area contributed by atoms with Crippen molar-refractivity contribution in [1.29, 1.82) is 0 Å². The first-order valence-corrected chi connectivity index (χ1v) is 4.66. The summed E-state index contributed by atoms with van der Waals surface area (Å²) in [6.07, 6.45) is -1.88. The van der Waals surface area contributed by atoms with Crippen LogP contribution in [0.1, 0.15) is 11.1 Å². The second-order valence-electron chi connectivity index (χ2n) is 3.43. The van der Waals surface area contributed by atoms with E-state index in [2.05, 4.69) is 15.5 Å². The summed E-state index contributed by atoms with van der Waals surface area (Å²) in [7, 11) is 0. The minimum atomic E-state index is -1.15. The number of nitrogens with zero attached hydrogens (tertiary/aromatic N) is 1. The van der Waals surface area contributed by atoms with Gasteiger partial charge in [0.2, 0.25) is 0 Å². The van der Waals surface area contributed by atoms with Crippen molar-refractivity contribution in [3.63, 3.8) is 0 Å². The van der Waals surface area contributed by atoms with Crippen LogP contribution < -0.4 is 5.73 Å². The smallest absolute Gasteiger partial charge is 0.332 e. The number of fused-ring (bicyclic) bond motifs is 2. The molecule has 0 aromatic heterocycles. The molecule has 0 spiro atoms. The minimum absolute atomic E-state index is 0.425. The Kier molecular flexibility index (Phi) is 2.63. The van der Waals surface area contributed by atoms with Crippen LogP contribution >= 0.6 is 0 Å². The molecule has 84 valence electrons. The average Bonchev–Trinajstić information content (AvgIpc) is 2.25. The van der Waals surface area contributed by atoms with Crippen molar-refractivity contribution in [1.82, 2.24) is 4.90 Å². The zero-order valence-corrected chi connectivity index (χ0v) is 8.38. The third-order valence-electron chi connectivity index (χ3n) is 2.19. The predicted octanol–water partition coefficient (Wildman–Crippen LogP) is 1.15. The lowest BCUT2D eigenvalue weighted by Crippen LogP contribution is -2.33. The number of carbonyl (C=O) groups excluding carboxylic acids is 2. The molecule has 1 aromatic carbocycles. The van der Waals surface area contributed by atoms with Gasteiger partial charge >= 0.3 is 12.2 Å². The molecule has 0 unspecified atom stereocenters. The molecule has 2 amide bonds. The van der Waals surface area contributed by atoms with Gasteiger partial charge in [-0.25, -0.2) is 19.4 Å². The Morgan fingerprint density at radius 1 is 1.19 bits per heavy atom. The molecular formula is C10H10N2O4. The van der Waals surface area contributed by atoms with Crippen LogP contribution in [-0.4, -0.2) is 17.1 Å². The highest BCUT2D eigenvalue weighted by atomic mass is 17.2. The fraction of sp³-hybridized carbons (Fsp3) is 0.200. The lowest BCUT2D eigenvalue weighted by molar-refractivity contribution is -0.186. The lowest BCUT2D eigenvalue weighted by Gasteiger charge is -2.25. The van der Waals surface area contributed by atoms with Crippen molar-refractivity contribution in [3.05, 3.63) is 35.4 Å². The Morgan fingerprint density at radius 2 is 1.81 bits per heavy atom. The van der Waals surface area contributed by atoms with Gasteiger partial charge in [0.25, 0.3) is 0 Å². The summed E-state index contributed by atoms with van der Waals surface area (Å²) in [5.41, 5.74) is 6.67. The highest BCUT2D eigenvalue weighted by molar-refractivity contribution is 5.70. The summed E-state index contributed by atoms with van der Waals surface area (Å²) in [5.74, 6) is 0. The van der Waals surface area contributed by atoms with Gasteiger partial charge in [-0.1, -0.05) is 24.3 Å². The van der Waals surface area contributed by atoms with Crippen molar-refractivity contribution in [2.45, 2.75) is 13.1 Å². The third kappa shape index (κ3) is 2.22. The van der Waals surface area contributed by atoms with Gasteiger partial charge in [-0.05, 0) is 11.1 Å². The molecule has 2 N–H and O–H groups in total. The molecule has 1 heterocycles. The molecule has 0 aliphatic carbocycles. The van der Waals surface area contributed by atoms with Crippen LogP contribution in [0.5, 0.6) is 0 Å². The monoisotopic (exact) mass is 222 g/mol. The molecule has 6 nitrogen and oxygen atoms in total. The van der Waals surface area contributed by atoms with Crippen LogP contribution in [0.2, 0.25) is 0 Å². The Balaban J connectivity index is 1.97. The molecule has 0 radical (unpaired) electrons. The summed E-state index contributed by atoms with van der Waals surface area (Å²) < 4.78 is 0. The van der Waals surface area contributed by atoms with E-state index in [1.54, 1.807) is 0 Å². The number of benzene rings is 1. The van der Waals surface area contributed by atoms with E-state index in [-0.39, 0.29) is 0 Å². The number of hydrogen-bond acceptors (Lipinski definition) is 4. The van der Waals surface area contributed by atoms with Crippen LogP contribution in [0.15, 0.2) is 24.3 Å². The van der Waals surface area contributed by atoms with Gasteiger partial charge < -0.3 is 5.73 Å². The summed E-state index contributed by atoms with van der Waals surface area (Å²) in [6, 6.07) is 7.72.